The molecule has 0 unspecified atom stereocenters. The van der Waals surface area contributed by atoms with Crippen molar-refractivity contribution in [3.8, 4) is 5.75 Å². The van der Waals surface area contributed by atoms with Gasteiger partial charge in [-0.2, -0.15) is 5.10 Å². The van der Waals surface area contributed by atoms with Crippen LogP contribution in [0.25, 0.3) is 10.9 Å². The first-order chi connectivity index (χ1) is 11.9. The molecular weight excluding hydrogens is 312 g/mol. The largest absolute Gasteiger partial charge is 0.497 e. The summed E-state index contributed by atoms with van der Waals surface area (Å²) in [4.78, 5) is 12.9. The van der Waals surface area contributed by atoms with E-state index in [1.807, 2.05) is 53.2 Å². The topological polar surface area (TPSA) is 44.1 Å². The molecule has 1 aromatic heterocycles. The molecule has 0 N–H and O–H groups in total. The smallest absolute Gasteiger partial charge is 0.213 e. The van der Waals surface area contributed by atoms with Crippen molar-refractivity contribution in [3.05, 3.63) is 59.8 Å². The number of fused-ring (bicyclic) bond motifs is 1. The number of rotatable bonds is 5. The first-order valence-electron chi connectivity index (χ1n) is 8.53. The van der Waals surface area contributed by atoms with E-state index in [2.05, 4.69) is 25.9 Å². The standard InChI is InChI=1S/C21H24N2O2/c1-21(2,3)12-13-23-18-14-16(25-4)10-11-17(18)19(22-23)20(24)15-8-6-5-7-9-15/h5-11,14H,12-13H2,1-4H3. The third-order valence-electron chi connectivity index (χ3n) is 4.28. The minimum atomic E-state index is -0.0507. The van der Waals surface area contributed by atoms with Gasteiger partial charge in [-0.25, -0.2) is 0 Å². The summed E-state index contributed by atoms with van der Waals surface area (Å²) in [5.41, 5.74) is 2.28. The molecule has 2 aromatic carbocycles. The fourth-order valence-electron chi connectivity index (χ4n) is 2.79. The summed E-state index contributed by atoms with van der Waals surface area (Å²) < 4.78 is 7.28. The minimum Gasteiger partial charge on any atom is -0.497 e. The molecule has 4 nitrogen and oxygen atoms in total. The van der Waals surface area contributed by atoms with Gasteiger partial charge in [-0.3, -0.25) is 9.48 Å². The number of methoxy groups -OCH3 is 1. The van der Waals surface area contributed by atoms with Crippen LogP contribution in [0.3, 0.4) is 0 Å². The van der Waals surface area contributed by atoms with Gasteiger partial charge >= 0.3 is 0 Å². The molecule has 1 heterocycles. The van der Waals surface area contributed by atoms with Crippen molar-refractivity contribution >= 4 is 16.7 Å². The van der Waals surface area contributed by atoms with Crippen LogP contribution in [-0.4, -0.2) is 22.7 Å². The Morgan fingerprint density at radius 1 is 1.12 bits per heavy atom. The van der Waals surface area contributed by atoms with Gasteiger partial charge in [0.1, 0.15) is 11.4 Å². The fourth-order valence-corrected chi connectivity index (χ4v) is 2.79. The van der Waals surface area contributed by atoms with E-state index < -0.39 is 0 Å². The van der Waals surface area contributed by atoms with Gasteiger partial charge in [-0.15, -0.1) is 0 Å². The number of ketones is 1. The third kappa shape index (κ3) is 3.73. The molecule has 0 saturated heterocycles. The maximum absolute atomic E-state index is 12.9. The van der Waals surface area contributed by atoms with Gasteiger partial charge in [-0.1, -0.05) is 51.1 Å². The summed E-state index contributed by atoms with van der Waals surface area (Å²) in [5, 5.41) is 5.52. The van der Waals surface area contributed by atoms with Crippen molar-refractivity contribution in [3.63, 3.8) is 0 Å². The van der Waals surface area contributed by atoms with Gasteiger partial charge in [0.15, 0.2) is 0 Å². The molecule has 4 heteroatoms. The quantitative estimate of drug-likeness (QED) is 0.634. The molecule has 3 rings (SSSR count). The third-order valence-corrected chi connectivity index (χ3v) is 4.28. The molecule has 0 atom stereocenters. The number of carbonyl (C=O) groups is 1. The molecule has 0 fully saturated rings. The van der Waals surface area contributed by atoms with Crippen molar-refractivity contribution in [1.82, 2.24) is 9.78 Å². The lowest BCUT2D eigenvalue weighted by molar-refractivity contribution is 0.103. The highest BCUT2D eigenvalue weighted by atomic mass is 16.5. The Bertz CT molecular complexity index is 889. The van der Waals surface area contributed by atoms with E-state index in [1.54, 1.807) is 7.11 Å². The number of nitrogens with zero attached hydrogens (tertiary/aromatic N) is 2. The van der Waals surface area contributed by atoms with Gasteiger partial charge < -0.3 is 4.74 Å². The molecule has 0 aliphatic carbocycles. The van der Waals surface area contributed by atoms with Gasteiger partial charge in [-0.05, 0) is 24.0 Å². The second-order valence-electron chi connectivity index (χ2n) is 7.46. The minimum absolute atomic E-state index is 0.0507. The summed E-state index contributed by atoms with van der Waals surface area (Å²) >= 11 is 0. The molecule has 0 aliphatic rings. The molecule has 0 amide bonds. The van der Waals surface area contributed by atoms with Gasteiger partial charge in [0.05, 0.1) is 12.6 Å². The Balaban J connectivity index is 2.08. The Labute approximate surface area is 148 Å². The average Bonchev–Trinajstić information content (AvgIpc) is 2.97. The highest BCUT2D eigenvalue weighted by Gasteiger charge is 2.20. The predicted octanol–water partition coefficient (Wildman–Crippen LogP) is 4.71. The number of benzene rings is 2. The summed E-state index contributed by atoms with van der Waals surface area (Å²) in [6, 6.07) is 15.0. The van der Waals surface area contributed by atoms with Gasteiger partial charge in [0, 0.05) is 23.6 Å². The SMILES string of the molecule is COc1ccc2c(C(=O)c3ccccc3)nn(CCC(C)(C)C)c2c1. The number of aryl methyl sites for hydroxylation is 1. The summed E-state index contributed by atoms with van der Waals surface area (Å²) in [7, 11) is 1.65. The van der Waals surface area contributed by atoms with Crippen molar-refractivity contribution in [1.29, 1.82) is 0 Å². The first-order valence-corrected chi connectivity index (χ1v) is 8.53. The summed E-state index contributed by atoms with van der Waals surface area (Å²) in [5.74, 6) is 0.716. The van der Waals surface area contributed by atoms with Crippen LogP contribution in [0.2, 0.25) is 0 Å². The van der Waals surface area contributed by atoms with Crippen LogP contribution in [0.15, 0.2) is 48.5 Å². The molecule has 0 saturated carbocycles. The molecule has 3 aromatic rings. The zero-order valence-electron chi connectivity index (χ0n) is 15.2. The predicted molar refractivity (Wildman–Crippen MR) is 100 cm³/mol. The Hall–Kier alpha value is -2.62. The van der Waals surface area contributed by atoms with E-state index >= 15 is 0 Å². The Kier molecular flexibility index (Phi) is 4.62. The molecular formula is C21H24N2O2. The van der Waals surface area contributed by atoms with Crippen LogP contribution < -0.4 is 4.74 Å². The van der Waals surface area contributed by atoms with E-state index in [9.17, 15) is 4.79 Å². The Morgan fingerprint density at radius 2 is 1.84 bits per heavy atom. The average molecular weight is 336 g/mol. The lowest BCUT2D eigenvalue weighted by atomic mass is 9.92. The van der Waals surface area contributed by atoms with E-state index in [0.717, 1.165) is 29.6 Å². The number of aromatic nitrogens is 2. The van der Waals surface area contributed by atoms with Crippen LogP contribution in [0.4, 0.5) is 0 Å². The molecule has 0 aliphatic heterocycles. The van der Waals surface area contributed by atoms with Crippen LogP contribution >= 0.6 is 0 Å². The van der Waals surface area contributed by atoms with Crippen LogP contribution in [0, 0.1) is 5.41 Å². The van der Waals surface area contributed by atoms with E-state index in [4.69, 9.17) is 4.74 Å². The van der Waals surface area contributed by atoms with Crippen molar-refractivity contribution < 1.29 is 9.53 Å². The molecule has 130 valence electrons. The van der Waals surface area contributed by atoms with Crippen molar-refractivity contribution in [2.75, 3.05) is 7.11 Å². The van der Waals surface area contributed by atoms with Crippen LogP contribution in [0.1, 0.15) is 43.2 Å². The lowest BCUT2D eigenvalue weighted by Crippen LogP contribution is -2.12. The molecule has 0 radical (unpaired) electrons. The fraction of sp³-hybridized carbons (Fsp3) is 0.333. The van der Waals surface area contributed by atoms with Gasteiger partial charge in [0.25, 0.3) is 0 Å². The normalized spacial score (nSPS) is 11.7. The maximum Gasteiger partial charge on any atom is 0.213 e. The van der Waals surface area contributed by atoms with E-state index in [0.29, 0.717) is 11.3 Å². The second-order valence-corrected chi connectivity index (χ2v) is 7.46. The lowest BCUT2D eigenvalue weighted by Gasteiger charge is -2.18. The molecule has 0 spiro atoms. The number of hydrogen-bond donors (Lipinski definition) is 0. The van der Waals surface area contributed by atoms with Crippen molar-refractivity contribution in [2.24, 2.45) is 5.41 Å². The number of ether oxygens (including phenoxy) is 1. The second kappa shape index (κ2) is 6.71. The van der Waals surface area contributed by atoms with Crippen LogP contribution in [-0.2, 0) is 6.54 Å². The zero-order chi connectivity index (χ0) is 18.0. The molecule has 0 bridgehead atoms. The maximum atomic E-state index is 12.9. The number of hydrogen-bond acceptors (Lipinski definition) is 3. The highest BCUT2D eigenvalue weighted by molar-refractivity contribution is 6.14. The number of carbonyl (C=O) groups excluding carboxylic acids is 1. The van der Waals surface area contributed by atoms with Gasteiger partial charge in [0.2, 0.25) is 5.78 Å². The monoisotopic (exact) mass is 336 g/mol. The molecule has 25 heavy (non-hydrogen) atoms. The van der Waals surface area contributed by atoms with Crippen LogP contribution in [0.5, 0.6) is 5.75 Å². The Morgan fingerprint density at radius 3 is 2.48 bits per heavy atom. The van der Waals surface area contributed by atoms with E-state index in [1.165, 1.54) is 0 Å². The van der Waals surface area contributed by atoms with Crippen molar-refractivity contribution in [2.45, 2.75) is 33.7 Å². The first kappa shape index (κ1) is 17.2. The highest BCUT2D eigenvalue weighted by Crippen LogP contribution is 2.27. The summed E-state index contributed by atoms with van der Waals surface area (Å²) in [6.07, 6.45) is 0.972. The zero-order valence-corrected chi connectivity index (χ0v) is 15.2. The van der Waals surface area contributed by atoms with E-state index in [-0.39, 0.29) is 11.2 Å². The summed E-state index contributed by atoms with van der Waals surface area (Å²) in [6.45, 7) is 7.37.